The van der Waals surface area contributed by atoms with Crippen molar-refractivity contribution in [3.63, 3.8) is 0 Å². The fraction of sp³-hybridized carbons (Fsp3) is 0.857. The number of nitrogens with zero attached hydrogens (tertiary/aromatic N) is 1. The number of carbonyl (C=O) groups is 2. The standard InChI is InChI=1S/C14H25NO5/c1-13(2,3)20-12(18)15-8-5-14(6-9-15,11(16)17)7-10-19-4/h5-10H2,1-4H3,(H,16,17)/p-1. The lowest BCUT2D eigenvalue weighted by atomic mass is 9.76. The van der Waals surface area contributed by atoms with Crippen LogP contribution in [0.2, 0.25) is 0 Å². The predicted octanol–water partition coefficient (Wildman–Crippen LogP) is 0.790. The number of carbonyl (C=O) groups excluding carboxylic acids is 2. The zero-order valence-corrected chi connectivity index (χ0v) is 12.7. The molecule has 1 aliphatic rings. The lowest BCUT2D eigenvalue weighted by Crippen LogP contribution is -2.52. The van der Waals surface area contributed by atoms with E-state index in [1.165, 1.54) is 0 Å². The first-order chi connectivity index (χ1) is 9.20. The van der Waals surface area contributed by atoms with Crippen molar-refractivity contribution in [1.29, 1.82) is 0 Å². The molecule has 1 saturated heterocycles. The summed E-state index contributed by atoms with van der Waals surface area (Å²) in [5.74, 6) is -1.06. The molecule has 20 heavy (non-hydrogen) atoms. The van der Waals surface area contributed by atoms with Gasteiger partial charge in [-0.25, -0.2) is 4.79 Å². The Morgan fingerprint density at radius 2 is 1.80 bits per heavy atom. The van der Waals surface area contributed by atoms with Crippen LogP contribution in [0.15, 0.2) is 0 Å². The van der Waals surface area contributed by atoms with Crippen molar-refractivity contribution in [3.05, 3.63) is 0 Å². The van der Waals surface area contributed by atoms with Gasteiger partial charge in [-0.3, -0.25) is 0 Å². The van der Waals surface area contributed by atoms with E-state index in [0.29, 0.717) is 39.0 Å². The summed E-state index contributed by atoms with van der Waals surface area (Å²) in [4.78, 5) is 24.9. The molecule has 0 atom stereocenters. The average Bonchev–Trinajstić information content (AvgIpc) is 2.34. The van der Waals surface area contributed by atoms with Crippen molar-refractivity contribution in [1.82, 2.24) is 4.90 Å². The van der Waals surface area contributed by atoms with Gasteiger partial charge in [0, 0.05) is 38.2 Å². The molecule has 1 amide bonds. The number of amides is 1. The predicted molar refractivity (Wildman–Crippen MR) is 71.0 cm³/mol. The van der Waals surface area contributed by atoms with Crippen molar-refractivity contribution in [2.24, 2.45) is 5.41 Å². The lowest BCUT2D eigenvalue weighted by Gasteiger charge is -2.42. The van der Waals surface area contributed by atoms with Crippen molar-refractivity contribution in [3.8, 4) is 0 Å². The number of likely N-dealkylation sites (tertiary alicyclic amines) is 1. The third-order valence-corrected chi connectivity index (χ3v) is 3.59. The van der Waals surface area contributed by atoms with Crippen LogP contribution < -0.4 is 5.11 Å². The molecule has 1 aliphatic heterocycles. The molecule has 1 fully saturated rings. The molecular formula is C14H24NO5-. The van der Waals surface area contributed by atoms with Crippen LogP contribution in [0.1, 0.15) is 40.0 Å². The Kier molecular flexibility index (Phi) is 5.39. The van der Waals surface area contributed by atoms with Crippen molar-refractivity contribution in [2.45, 2.75) is 45.6 Å². The number of hydrogen-bond donors (Lipinski definition) is 0. The fourth-order valence-electron chi connectivity index (χ4n) is 2.30. The maximum atomic E-state index is 11.9. The van der Waals surface area contributed by atoms with Crippen LogP contribution in [-0.4, -0.2) is 49.4 Å². The number of aliphatic carboxylic acids is 1. The van der Waals surface area contributed by atoms with E-state index in [0.717, 1.165) is 0 Å². The first kappa shape index (κ1) is 16.8. The summed E-state index contributed by atoms with van der Waals surface area (Å²) in [6.45, 7) is 6.52. The highest BCUT2D eigenvalue weighted by Gasteiger charge is 2.38. The van der Waals surface area contributed by atoms with Gasteiger partial charge in [0.05, 0.1) is 0 Å². The van der Waals surface area contributed by atoms with E-state index in [4.69, 9.17) is 9.47 Å². The summed E-state index contributed by atoms with van der Waals surface area (Å²) in [5, 5.41) is 11.4. The van der Waals surface area contributed by atoms with Crippen LogP contribution in [0.4, 0.5) is 4.79 Å². The minimum Gasteiger partial charge on any atom is -0.550 e. The van der Waals surface area contributed by atoms with Crippen molar-refractivity contribution >= 4 is 12.1 Å². The van der Waals surface area contributed by atoms with Gasteiger partial charge in [0.1, 0.15) is 5.60 Å². The summed E-state index contributed by atoms with van der Waals surface area (Å²) in [6, 6.07) is 0. The maximum Gasteiger partial charge on any atom is 0.410 e. The van der Waals surface area contributed by atoms with E-state index in [9.17, 15) is 14.7 Å². The Morgan fingerprint density at radius 1 is 1.25 bits per heavy atom. The third kappa shape index (κ3) is 4.37. The van der Waals surface area contributed by atoms with Gasteiger partial charge in [0.25, 0.3) is 0 Å². The molecule has 0 aromatic rings. The van der Waals surface area contributed by atoms with Gasteiger partial charge >= 0.3 is 6.09 Å². The molecule has 6 heteroatoms. The first-order valence-corrected chi connectivity index (χ1v) is 6.88. The van der Waals surface area contributed by atoms with Gasteiger partial charge in [-0.15, -0.1) is 0 Å². The lowest BCUT2D eigenvalue weighted by molar-refractivity contribution is -0.322. The number of carboxylic acid groups (broad SMARTS) is 1. The minimum atomic E-state index is -1.06. The molecule has 1 rings (SSSR count). The van der Waals surface area contributed by atoms with E-state index in [2.05, 4.69) is 0 Å². The zero-order chi connectivity index (χ0) is 15.4. The molecule has 6 nitrogen and oxygen atoms in total. The highest BCUT2D eigenvalue weighted by Crippen LogP contribution is 2.35. The Hall–Kier alpha value is -1.30. The van der Waals surface area contributed by atoms with Crippen molar-refractivity contribution in [2.75, 3.05) is 26.8 Å². The molecule has 0 N–H and O–H groups in total. The summed E-state index contributed by atoms with van der Waals surface area (Å²) in [6.07, 6.45) is 0.764. The molecule has 0 aromatic carbocycles. The van der Waals surface area contributed by atoms with Crippen LogP contribution in [0, 0.1) is 5.41 Å². The molecule has 0 aliphatic carbocycles. The van der Waals surface area contributed by atoms with Gasteiger partial charge in [-0.2, -0.15) is 0 Å². The normalized spacial score (nSPS) is 18.7. The van der Waals surface area contributed by atoms with E-state index in [1.54, 1.807) is 32.8 Å². The van der Waals surface area contributed by atoms with E-state index < -0.39 is 23.1 Å². The summed E-state index contributed by atoms with van der Waals surface area (Å²) < 4.78 is 10.2. The Balaban J connectivity index is 2.60. The van der Waals surface area contributed by atoms with Gasteiger partial charge in [0.15, 0.2) is 0 Å². The Labute approximate surface area is 120 Å². The largest absolute Gasteiger partial charge is 0.550 e. The summed E-state index contributed by atoms with van der Waals surface area (Å²) in [5.41, 5.74) is -1.44. The van der Waals surface area contributed by atoms with Crippen molar-refractivity contribution < 1.29 is 24.2 Å². The SMILES string of the molecule is COCCC1(C(=O)[O-])CCN(C(=O)OC(C)(C)C)CC1. The third-order valence-electron chi connectivity index (χ3n) is 3.59. The van der Waals surface area contributed by atoms with E-state index >= 15 is 0 Å². The number of methoxy groups -OCH3 is 1. The van der Waals surface area contributed by atoms with E-state index in [-0.39, 0.29) is 0 Å². The maximum absolute atomic E-state index is 11.9. The zero-order valence-electron chi connectivity index (χ0n) is 12.7. The molecule has 1 heterocycles. The summed E-state index contributed by atoms with van der Waals surface area (Å²) in [7, 11) is 1.54. The monoisotopic (exact) mass is 286 g/mol. The van der Waals surface area contributed by atoms with Gasteiger partial charge < -0.3 is 24.3 Å². The molecule has 0 unspecified atom stereocenters. The molecule has 0 aromatic heterocycles. The Morgan fingerprint density at radius 3 is 2.20 bits per heavy atom. The van der Waals surface area contributed by atoms with Crippen LogP contribution in [0.3, 0.4) is 0 Å². The van der Waals surface area contributed by atoms with Gasteiger partial charge in [-0.1, -0.05) is 0 Å². The molecule has 116 valence electrons. The number of carboxylic acids is 1. The second kappa shape index (κ2) is 6.43. The Bertz CT molecular complexity index is 353. The average molecular weight is 286 g/mol. The smallest absolute Gasteiger partial charge is 0.410 e. The van der Waals surface area contributed by atoms with Gasteiger partial charge in [0.2, 0.25) is 0 Å². The molecule has 0 saturated carbocycles. The molecule has 0 bridgehead atoms. The number of piperidine rings is 1. The van der Waals surface area contributed by atoms with Crippen LogP contribution in [-0.2, 0) is 14.3 Å². The topological polar surface area (TPSA) is 78.9 Å². The van der Waals surface area contributed by atoms with Crippen LogP contribution in [0.5, 0.6) is 0 Å². The second-order valence-electron chi connectivity index (χ2n) is 6.28. The fourth-order valence-corrected chi connectivity index (χ4v) is 2.30. The highest BCUT2D eigenvalue weighted by molar-refractivity contribution is 5.74. The van der Waals surface area contributed by atoms with Crippen LogP contribution in [0.25, 0.3) is 0 Å². The number of rotatable bonds is 4. The second-order valence-corrected chi connectivity index (χ2v) is 6.28. The minimum absolute atomic E-state index is 0.368. The molecular weight excluding hydrogens is 262 g/mol. The number of hydrogen-bond acceptors (Lipinski definition) is 5. The van der Waals surface area contributed by atoms with Gasteiger partial charge in [-0.05, 0) is 40.0 Å². The number of ether oxygens (including phenoxy) is 2. The quantitative estimate of drug-likeness (QED) is 0.763. The molecule has 0 spiro atoms. The van der Waals surface area contributed by atoms with Crippen LogP contribution >= 0.6 is 0 Å². The summed E-state index contributed by atoms with van der Waals surface area (Å²) >= 11 is 0. The first-order valence-electron chi connectivity index (χ1n) is 6.88. The molecule has 0 radical (unpaired) electrons. The highest BCUT2D eigenvalue weighted by atomic mass is 16.6. The van der Waals surface area contributed by atoms with E-state index in [1.807, 2.05) is 0 Å².